The van der Waals surface area contributed by atoms with Crippen molar-refractivity contribution in [3.8, 4) is 11.8 Å². The third-order valence-electron chi connectivity index (χ3n) is 7.16. The highest BCUT2D eigenvalue weighted by Crippen LogP contribution is 2.36. The van der Waals surface area contributed by atoms with Gasteiger partial charge in [0, 0.05) is 42.2 Å². The first-order chi connectivity index (χ1) is 21.1. The Morgan fingerprint density at radius 2 is 1.89 bits per heavy atom. The number of hydrogen-bond donors (Lipinski definition) is 2. The first-order valence-electron chi connectivity index (χ1n) is 13.5. The van der Waals surface area contributed by atoms with Gasteiger partial charge in [0.05, 0.1) is 17.2 Å². The number of halogens is 6. The molecule has 2 amide bonds. The van der Waals surface area contributed by atoms with Gasteiger partial charge in [-0.05, 0) is 41.0 Å². The largest absolute Gasteiger partial charge is 0.451 e. The van der Waals surface area contributed by atoms with E-state index < -0.39 is 53.6 Å². The minimum absolute atomic E-state index is 0.0000806. The molecule has 3 N–H and O–H groups in total. The van der Waals surface area contributed by atoms with Gasteiger partial charge >= 0.3 is 6.18 Å². The van der Waals surface area contributed by atoms with Crippen molar-refractivity contribution in [3.63, 3.8) is 0 Å². The molecular formula is C32H26ClF5N4O3. The maximum absolute atomic E-state index is 15.1. The lowest BCUT2D eigenvalue weighted by atomic mass is 9.94. The van der Waals surface area contributed by atoms with Crippen LogP contribution >= 0.6 is 11.6 Å². The van der Waals surface area contributed by atoms with Crippen molar-refractivity contribution in [1.82, 2.24) is 10.2 Å². The Bertz CT molecular complexity index is 1700. The number of rotatable bonds is 8. The Labute approximate surface area is 260 Å². The van der Waals surface area contributed by atoms with Gasteiger partial charge in [-0.1, -0.05) is 55.4 Å². The fraction of sp³-hybridized carbons (Fsp3) is 0.250. The quantitative estimate of drug-likeness (QED) is 0.198. The Morgan fingerprint density at radius 3 is 2.51 bits per heavy atom. The van der Waals surface area contributed by atoms with Crippen molar-refractivity contribution in [3.05, 3.63) is 112 Å². The van der Waals surface area contributed by atoms with Crippen LogP contribution in [0, 0.1) is 17.2 Å². The first-order valence-corrected chi connectivity index (χ1v) is 13.9. The van der Waals surface area contributed by atoms with Gasteiger partial charge in [0.25, 0.3) is 17.7 Å². The molecule has 2 aromatic carbocycles. The van der Waals surface area contributed by atoms with Crippen LogP contribution in [0.25, 0.3) is 5.57 Å². The summed E-state index contributed by atoms with van der Waals surface area (Å²) >= 11 is 6.05. The predicted molar refractivity (Wildman–Crippen MR) is 156 cm³/mol. The summed E-state index contributed by atoms with van der Waals surface area (Å²) in [7, 11) is 0. The van der Waals surface area contributed by atoms with Gasteiger partial charge in [-0.25, -0.2) is 8.78 Å². The number of allylic oxidation sites excluding steroid dienone is 2. The molecule has 2 aliphatic rings. The second-order valence-electron chi connectivity index (χ2n) is 10.3. The van der Waals surface area contributed by atoms with E-state index in [-0.39, 0.29) is 46.1 Å². The van der Waals surface area contributed by atoms with E-state index >= 15 is 8.78 Å². The molecule has 0 fully saturated rings. The number of hydrogen-bond acceptors (Lipinski definition) is 5. The number of nitrogens with one attached hydrogen (secondary N) is 1. The van der Waals surface area contributed by atoms with E-state index in [9.17, 15) is 28.0 Å². The van der Waals surface area contributed by atoms with Gasteiger partial charge in [-0.3, -0.25) is 9.59 Å². The lowest BCUT2D eigenvalue weighted by molar-refractivity contribution is -0.149. The van der Waals surface area contributed by atoms with Gasteiger partial charge in [-0.15, -0.1) is 5.73 Å². The second kappa shape index (κ2) is 13.1. The average molecular weight is 645 g/mol. The van der Waals surface area contributed by atoms with Crippen LogP contribution in [0.1, 0.15) is 36.1 Å². The maximum atomic E-state index is 15.1. The van der Waals surface area contributed by atoms with E-state index in [2.05, 4.69) is 17.6 Å². The number of amides is 2. The van der Waals surface area contributed by atoms with Gasteiger partial charge in [-0.2, -0.15) is 18.4 Å². The lowest BCUT2D eigenvalue weighted by Crippen LogP contribution is -2.35. The zero-order valence-corrected chi connectivity index (χ0v) is 24.5. The second-order valence-corrected chi connectivity index (χ2v) is 10.7. The Balaban J connectivity index is 1.70. The summed E-state index contributed by atoms with van der Waals surface area (Å²) in [6, 6.07) is 8.49. The van der Waals surface area contributed by atoms with Gasteiger partial charge < -0.3 is 20.7 Å². The number of nitrogens with zero attached hydrogens (tertiary/aromatic N) is 2. The summed E-state index contributed by atoms with van der Waals surface area (Å²) < 4.78 is 75.1. The summed E-state index contributed by atoms with van der Waals surface area (Å²) in [5.41, 5.74) is 7.86. The van der Waals surface area contributed by atoms with Crippen LogP contribution in [0.15, 0.2) is 90.0 Å². The molecule has 2 aliphatic heterocycles. The summed E-state index contributed by atoms with van der Waals surface area (Å²) in [6.45, 7) is 5.03. The zero-order valence-electron chi connectivity index (χ0n) is 23.7. The van der Waals surface area contributed by atoms with Crippen molar-refractivity contribution in [1.29, 1.82) is 5.26 Å². The molecule has 0 bridgehead atoms. The average Bonchev–Trinajstić information content (AvgIpc) is 3.24. The highest BCUT2D eigenvalue weighted by molar-refractivity contribution is 6.30. The number of nitriles is 1. The van der Waals surface area contributed by atoms with Crippen LogP contribution in [-0.4, -0.2) is 41.9 Å². The Hall–Kier alpha value is -4.69. The summed E-state index contributed by atoms with van der Waals surface area (Å²) in [4.78, 5) is 27.8. The molecule has 45 heavy (non-hydrogen) atoms. The molecule has 2 atom stereocenters. The maximum Gasteiger partial charge on any atom is 0.407 e. The van der Waals surface area contributed by atoms with Crippen molar-refractivity contribution in [2.75, 3.05) is 13.1 Å². The van der Waals surface area contributed by atoms with Crippen LogP contribution in [-0.2, 0) is 9.59 Å². The van der Waals surface area contributed by atoms with Crippen molar-refractivity contribution >= 4 is 29.0 Å². The molecule has 2 aromatic rings. The molecule has 13 heteroatoms. The molecule has 0 spiro atoms. The Kier molecular flexibility index (Phi) is 9.68. The fourth-order valence-electron chi connectivity index (χ4n) is 4.58. The molecule has 0 radical (unpaired) electrons. The van der Waals surface area contributed by atoms with Crippen LogP contribution in [0.4, 0.5) is 22.0 Å². The van der Waals surface area contributed by atoms with Crippen molar-refractivity contribution in [2.45, 2.75) is 31.5 Å². The minimum Gasteiger partial charge on any atom is -0.451 e. The molecule has 0 aromatic heterocycles. The predicted octanol–water partition coefficient (Wildman–Crippen LogP) is 6.35. The van der Waals surface area contributed by atoms with Gasteiger partial charge in [0.15, 0.2) is 0 Å². The molecule has 0 saturated heterocycles. The highest BCUT2D eigenvalue weighted by atomic mass is 35.5. The number of alkyl halides is 5. The number of carbonyl (C=O) groups excluding carboxylic acids is 2. The molecular weight excluding hydrogens is 619 g/mol. The van der Waals surface area contributed by atoms with Gasteiger partial charge in [0.1, 0.15) is 11.8 Å². The third kappa shape index (κ3) is 7.52. The molecule has 234 valence electrons. The number of ether oxygens (including phenoxy) is 1. The summed E-state index contributed by atoms with van der Waals surface area (Å²) in [5, 5.41) is 12.0. The molecule has 2 unspecified atom stereocenters. The summed E-state index contributed by atoms with van der Waals surface area (Å²) in [6.07, 6.45) is -1.72. The topological polar surface area (TPSA) is 108 Å². The number of nitrogens with two attached hydrogens (primary N) is 1. The van der Waals surface area contributed by atoms with E-state index in [1.54, 1.807) is 0 Å². The standard InChI is InChI=1S/C32H26ClF5N4O3/c1-3-31(34,35)26-5-4-10-42(30(44)27(26)45-24-12-19(15-39)11-23(33)14-24)17-22-13-25(29(43)41-16-18(22)2)20-6-8-21(9-7-20)28(40)32(36,37)38/h5-14,22,28H,2-3,16-17,40H2,1H3,(H,41,43). The fourth-order valence-corrected chi connectivity index (χ4v) is 4.80. The number of carbonyl (C=O) groups is 2. The van der Waals surface area contributed by atoms with Crippen LogP contribution in [0.5, 0.6) is 5.75 Å². The normalized spacial score (nSPS) is 18.2. The number of benzene rings is 2. The van der Waals surface area contributed by atoms with E-state index in [4.69, 9.17) is 22.1 Å². The molecule has 4 rings (SSSR count). The van der Waals surface area contributed by atoms with Gasteiger partial charge in [0.2, 0.25) is 5.76 Å². The van der Waals surface area contributed by atoms with Crippen molar-refractivity contribution in [2.24, 2.45) is 11.7 Å². The monoisotopic (exact) mass is 644 g/mol. The highest BCUT2D eigenvalue weighted by Gasteiger charge is 2.40. The lowest BCUT2D eigenvalue weighted by Gasteiger charge is -2.25. The minimum atomic E-state index is -4.66. The van der Waals surface area contributed by atoms with Crippen LogP contribution in [0.2, 0.25) is 5.02 Å². The van der Waals surface area contributed by atoms with E-state index in [0.29, 0.717) is 5.57 Å². The Morgan fingerprint density at radius 1 is 1.20 bits per heavy atom. The van der Waals surface area contributed by atoms with Crippen LogP contribution < -0.4 is 15.8 Å². The van der Waals surface area contributed by atoms with Crippen molar-refractivity contribution < 1.29 is 36.3 Å². The summed E-state index contributed by atoms with van der Waals surface area (Å²) in [5.74, 6) is -6.55. The third-order valence-corrected chi connectivity index (χ3v) is 7.37. The first kappa shape index (κ1) is 33.2. The van der Waals surface area contributed by atoms with E-state index in [0.717, 1.165) is 17.2 Å². The van der Waals surface area contributed by atoms with Crippen LogP contribution in [0.3, 0.4) is 0 Å². The molecule has 7 nitrogen and oxygen atoms in total. The van der Waals surface area contributed by atoms with E-state index in [1.165, 1.54) is 55.5 Å². The van der Waals surface area contributed by atoms with E-state index in [1.807, 2.05) is 6.07 Å². The SMILES string of the molecule is C=C1CNC(=O)C(c2ccc(C(N)C(F)(F)F)cc2)=CC1CN1C=C=CC(C(F)(F)CC)=C(Oc2cc(Cl)cc(C#N)c2)C1=O. The molecule has 0 aliphatic carbocycles. The molecule has 2 heterocycles. The zero-order chi connectivity index (χ0) is 33.1. The smallest absolute Gasteiger partial charge is 0.407 e. The molecule has 0 saturated carbocycles.